The molecular formula is C24H25N3O3. The van der Waals surface area contributed by atoms with E-state index in [0.29, 0.717) is 13.1 Å². The summed E-state index contributed by atoms with van der Waals surface area (Å²) in [5.41, 5.74) is 1.98. The number of likely N-dealkylation sites (tertiary alicyclic amines) is 1. The molecule has 0 bridgehead atoms. The standard InChI is InChI=1S/C24H25N3O3/c1-17(20-11-7-9-18-8-3-4-10-21(18)20)25(2)19-12-13-23(27(29)30)22(16-19)24(28)26-14-5-6-15-26/h3-4,7-13,16-17H,5-6,14-15H2,1-2H3. The lowest BCUT2D eigenvalue weighted by Crippen LogP contribution is -2.29. The van der Waals surface area contributed by atoms with Gasteiger partial charge in [-0.3, -0.25) is 14.9 Å². The van der Waals surface area contributed by atoms with Gasteiger partial charge in [-0.2, -0.15) is 0 Å². The van der Waals surface area contributed by atoms with E-state index in [1.807, 2.05) is 25.2 Å². The number of anilines is 1. The minimum Gasteiger partial charge on any atom is -0.368 e. The predicted octanol–water partition coefficient (Wildman–Crippen LogP) is 5.18. The van der Waals surface area contributed by atoms with Crippen molar-refractivity contribution in [2.75, 3.05) is 25.0 Å². The number of hydrogen-bond acceptors (Lipinski definition) is 4. The zero-order chi connectivity index (χ0) is 21.3. The van der Waals surface area contributed by atoms with Crippen LogP contribution in [-0.2, 0) is 0 Å². The third-order valence-electron chi connectivity index (χ3n) is 6.06. The van der Waals surface area contributed by atoms with E-state index in [0.717, 1.165) is 18.5 Å². The van der Waals surface area contributed by atoms with Crippen LogP contribution in [0, 0.1) is 10.1 Å². The van der Waals surface area contributed by atoms with Crippen LogP contribution in [0.15, 0.2) is 60.7 Å². The highest BCUT2D eigenvalue weighted by Crippen LogP contribution is 2.33. The fourth-order valence-corrected chi connectivity index (χ4v) is 4.21. The molecule has 0 saturated carbocycles. The van der Waals surface area contributed by atoms with E-state index in [9.17, 15) is 14.9 Å². The Morgan fingerprint density at radius 1 is 1.07 bits per heavy atom. The number of benzene rings is 3. The molecule has 1 amide bonds. The molecule has 154 valence electrons. The fourth-order valence-electron chi connectivity index (χ4n) is 4.21. The Hall–Kier alpha value is -3.41. The molecule has 1 fully saturated rings. The molecule has 1 aliphatic heterocycles. The molecule has 4 rings (SSSR count). The van der Waals surface area contributed by atoms with Crippen LogP contribution in [0.2, 0.25) is 0 Å². The third kappa shape index (κ3) is 3.61. The summed E-state index contributed by atoms with van der Waals surface area (Å²) >= 11 is 0. The van der Waals surface area contributed by atoms with E-state index in [1.165, 1.54) is 22.4 Å². The number of carbonyl (C=O) groups is 1. The molecule has 3 aromatic carbocycles. The van der Waals surface area contributed by atoms with Crippen molar-refractivity contribution in [3.63, 3.8) is 0 Å². The van der Waals surface area contributed by atoms with E-state index < -0.39 is 4.92 Å². The van der Waals surface area contributed by atoms with E-state index in [-0.39, 0.29) is 23.2 Å². The molecule has 6 heteroatoms. The zero-order valence-corrected chi connectivity index (χ0v) is 17.2. The molecule has 1 heterocycles. The van der Waals surface area contributed by atoms with Crippen LogP contribution < -0.4 is 4.90 Å². The van der Waals surface area contributed by atoms with Gasteiger partial charge in [0.2, 0.25) is 0 Å². The molecule has 1 atom stereocenters. The predicted molar refractivity (Wildman–Crippen MR) is 119 cm³/mol. The fraction of sp³-hybridized carbons (Fsp3) is 0.292. The number of hydrogen-bond donors (Lipinski definition) is 0. The minimum atomic E-state index is -0.471. The average molecular weight is 403 g/mol. The molecule has 1 unspecified atom stereocenters. The van der Waals surface area contributed by atoms with Gasteiger partial charge < -0.3 is 9.80 Å². The number of nitro benzene ring substituents is 1. The van der Waals surface area contributed by atoms with Gasteiger partial charge in [-0.1, -0.05) is 42.5 Å². The molecule has 30 heavy (non-hydrogen) atoms. The molecule has 1 saturated heterocycles. The molecule has 0 radical (unpaired) electrons. The highest BCUT2D eigenvalue weighted by molar-refractivity contribution is 5.99. The second kappa shape index (κ2) is 8.14. The van der Waals surface area contributed by atoms with Crippen molar-refractivity contribution in [3.8, 4) is 0 Å². The number of nitrogens with zero attached hydrogens (tertiary/aromatic N) is 3. The van der Waals surface area contributed by atoms with E-state index >= 15 is 0 Å². The highest BCUT2D eigenvalue weighted by atomic mass is 16.6. The molecular weight excluding hydrogens is 378 g/mol. The normalized spacial score (nSPS) is 14.7. The molecule has 0 aromatic heterocycles. The third-order valence-corrected chi connectivity index (χ3v) is 6.06. The maximum Gasteiger partial charge on any atom is 0.282 e. The maximum absolute atomic E-state index is 13.0. The minimum absolute atomic E-state index is 0.0206. The van der Waals surface area contributed by atoms with Crippen LogP contribution >= 0.6 is 0 Å². The van der Waals surface area contributed by atoms with Gasteiger partial charge in [0.1, 0.15) is 5.56 Å². The number of fused-ring (bicyclic) bond motifs is 1. The SMILES string of the molecule is CC(c1cccc2ccccc12)N(C)c1ccc([N+](=O)[O-])c(C(=O)N2CCCC2)c1. The quantitative estimate of drug-likeness (QED) is 0.435. The Labute approximate surface area is 175 Å². The van der Waals surface area contributed by atoms with E-state index in [2.05, 4.69) is 36.1 Å². The molecule has 0 aliphatic carbocycles. The summed E-state index contributed by atoms with van der Waals surface area (Å²) in [6.45, 7) is 3.41. The Morgan fingerprint density at radius 2 is 1.77 bits per heavy atom. The van der Waals surface area contributed by atoms with Gasteiger partial charge in [-0.05, 0) is 48.2 Å². The molecule has 3 aromatic rings. The highest BCUT2D eigenvalue weighted by Gasteiger charge is 2.28. The van der Waals surface area contributed by atoms with Gasteiger partial charge in [-0.15, -0.1) is 0 Å². The second-order valence-electron chi connectivity index (χ2n) is 7.81. The van der Waals surface area contributed by atoms with Crippen molar-refractivity contribution >= 4 is 28.1 Å². The molecule has 0 spiro atoms. The average Bonchev–Trinajstić information content (AvgIpc) is 3.31. The first-order chi connectivity index (χ1) is 14.5. The summed E-state index contributed by atoms with van der Waals surface area (Å²) in [4.78, 5) is 27.8. The number of carbonyl (C=O) groups excluding carboxylic acids is 1. The lowest BCUT2D eigenvalue weighted by Gasteiger charge is -2.29. The second-order valence-corrected chi connectivity index (χ2v) is 7.81. The first kappa shape index (κ1) is 19.9. The molecule has 0 N–H and O–H groups in total. The van der Waals surface area contributed by atoms with Crippen molar-refractivity contribution in [3.05, 3.63) is 81.9 Å². The Bertz CT molecular complexity index is 1100. The Morgan fingerprint density at radius 3 is 2.50 bits per heavy atom. The lowest BCUT2D eigenvalue weighted by molar-refractivity contribution is -0.385. The Kier molecular flexibility index (Phi) is 5.40. The summed E-state index contributed by atoms with van der Waals surface area (Å²) < 4.78 is 0. The van der Waals surface area contributed by atoms with Crippen LogP contribution in [0.1, 0.15) is 41.7 Å². The number of rotatable bonds is 5. The summed E-state index contributed by atoms with van der Waals surface area (Å²) in [6, 6.07) is 19.3. The van der Waals surface area contributed by atoms with Gasteiger partial charge in [0.25, 0.3) is 11.6 Å². The number of nitro groups is 1. The van der Waals surface area contributed by atoms with Crippen molar-refractivity contribution in [2.24, 2.45) is 0 Å². The van der Waals surface area contributed by atoms with Crippen LogP contribution in [-0.4, -0.2) is 35.9 Å². The first-order valence-electron chi connectivity index (χ1n) is 10.3. The van der Waals surface area contributed by atoms with E-state index in [1.54, 1.807) is 17.0 Å². The van der Waals surface area contributed by atoms with Gasteiger partial charge in [0.15, 0.2) is 0 Å². The van der Waals surface area contributed by atoms with E-state index in [4.69, 9.17) is 0 Å². The van der Waals surface area contributed by atoms with Crippen LogP contribution in [0.3, 0.4) is 0 Å². The van der Waals surface area contributed by atoms with Gasteiger partial charge in [0, 0.05) is 31.9 Å². The number of amides is 1. The first-order valence-corrected chi connectivity index (χ1v) is 10.3. The monoisotopic (exact) mass is 403 g/mol. The van der Waals surface area contributed by atoms with Crippen LogP contribution in [0.5, 0.6) is 0 Å². The largest absolute Gasteiger partial charge is 0.368 e. The van der Waals surface area contributed by atoms with Crippen molar-refractivity contribution in [2.45, 2.75) is 25.8 Å². The maximum atomic E-state index is 13.0. The summed E-state index contributed by atoms with van der Waals surface area (Å²) in [7, 11) is 1.96. The topological polar surface area (TPSA) is 66.7 Å². The zero-order valence-electron chi connectivity index (χ0n) is 17.2. The molecule has 1 aliphatic rings. The van der Waals surface area contributed by atoms with Crippen LogP contribution in [0.4, 0.5) is 11.4 Å². The molecule has 6 nitrogen and oxygen atoms in total. The van der Waals surface area contributed by atoms with Crippen molar-refractivity contribution < 1.29 is 9.72 Å². The van der Waals surface area contributed by atoms with Crippen molar-refractivity contribution in [1.29, 1.82) is 0 Å². The lowest BCUT2D eigenvalue weighted by atomic mass is 9.98. The summed E-state index contributed by atoms with van der Waals surface area (Å²) in [5.74, 6) is -0.257. The smallest absolute Gasteiger partial charge is 0.282 e. The summed E-state index contributed by atoms with van der Waals surface area (Å²) in [6.07, 6.45) is 1.88. The van der Waals surface area contributed by atoms with Gasteiger partial charge >= 0.3 is 0 Å². The van der Waals surface area contributed by atoms with Crippen molar-refractivity contribution in [1.82, 2.24) is 4.90 Å². The van der Waals surface area contributed by atoms with Gasteiger partial charge in [-0.25, -0.2) is 0 Å². The Balaban J connectivity index is 1.71. The summed E-state index contributed by atoms with van der Waals surface area (Å²) in [5, 5.41) is 13.9. The van der Waals surface area contributed by atoms with Gasteiger partial charge in [0.05, 0.1) is 11.0 Å². The van der Waals surface area contributed by atoms with Crippen LogP contribution in [0.25, 0.3) is 10.8 Å².